The molecule has 0 spiro atoms. The Labute approximate surface area is 125 Å². The normalized spacial score (nSPS) is 22.2. The molecule has 0 N–H and O–H groups in total. The van der Waals surface area contributed by atoms with Crippen molar-refractivity contribution in [2.45, 2.75) is 32.8 Å². The molecule has 110 valence electrons. The fourth-order valence-electron chi connectivity index (χ4n) is 2.81. The number of aryl methyl sites for hydroxylation is 1. The van der Waals surface area contributed by atoms with Crippen molar-refractivity contribution in [3.8, 4) is 11.1 Å². The van der Waals surface area contributed by atoms with Crippen LogP contribution >= 0.6 is 0 Å². The molecule has 1 aliphatic rings. The lowest BCUT2D eigenvalue weighted by molar-refractivity contribution is -0.0123. The third-order valence-electron chi connectivity index (χ3n) is 4.29. The first-order chi connectivity index (χ1) is 10.1. The van der Waals surface area contributed by atoms with Crippen LogP contribution in [-0.2, 0) is 4.74 Å². The molecule has 0 saturated carbocycles. The van der Waals surface area contributed by atoms with E-state index in [2.05, 4.69) is 31.2 Å². The Morgan fingerprint density at radius 3 is 2.33 bits per heavy atom. The molecule has 0 amide bonds. The highest BCUT2D eigenvalue weighted by Crippen LogP contribution is 2.31. The third-order valence-corrected chi connectivity index (χ3v) is 4.29. The van der Waals surface area contributed by atoms with Crippen LogP contribution in [0.1, 0.15) is 37.0 Å². The van der Waals surface area contributed by atoms with Gasteiger partial charge in [-0.05, 0) is 54.0 Å². The summed E-state index contributed by atoms with van der Waals surface area (Å²) in [7, 11) is 0. The van der Waals surface area contributed by atoms with E-state index in [9.17, 15) is 4.39 Å². The number of hydrogen-bond acceptors (Lipinski definition) is 1. The van der Waals surface area contributed by atoms with Gasteiger partial charge in [-0.2, -0.15) is 0 Å². The summed E-state index contributed by atoms with van der Waals surface area (Å²) < 4.78 is 19.5. The first-order valence-corrected chi connectivity index (χ1v) is 7.61. The number of ether oxygens (including phenoxy) is 1. The molecule has 2 heteroatoms. The number of rotatable bonds is 2. The van der Waals surface area contributed by atoms with Crippen LogP contribution in [0.3, 0.4) is 0 Å². The Morgan fingerprint density at radius 2 is 1.71 bits per heavy atom. The summed E-state index contributed by atoms with van der Waals surface area (Å²) in [5.41, 5.74) is 3.86. The van der Waals surface area contributed by atoms with Gasteiger partial charge < -0.3 is 4.74 Å². The van der Waals surface area contributed by atoms with Crippen molar-refractivity contribution >= 4 is 0 Å². The van der Waals surface area contributed by atoms with Crippen LogP contribution in [0.25, 0.3) is 11.1 Å². The second-order valence-corrected chi connectivity index (χ2v) is 6.09. The predicted molar refractivity (Wildman–Crippen MR) is 83.7 cm³/mol. The lowest BCUT2D eigenvalue weighted by Gasteiger charge is -2.27. The van der Waals surface area contributed by atoms with E-state index in [0.29, 0.717) is 11.5 Å². The lowest BCUT2D eigenvalue weighted by atomic mass is 9.94. The van der Waals surface area contributed by atoms with Gasteiger partial charge in [0.25, 0.3) is 0 Å². The molecule has 3 rings (SSSR count). The maximum Gasteiger partial charge on any atom is 0.126 e. The van der Waals surface area contributed by atoms with Crippen molar-refractivity contribution in [1.29, 1.82) is 0 Å². The molecule has 0 aliphatic carbocycles. The molecule has 0 radical (unpaired) electrons. The van der Waals surface area contributed by atoms with Gasteiger partial charge in [0.05, 0.1) is 6.10 Å². The SMILES string of the molecule is Cc1ccc(-c2ccc(C3CCC(C)CO3)cc2)cc1F. The zero-order chi connectivity index (χ0) is 14.8. The summed E-state index contributed by atoms with van der Waals surface area (Å²) >= 11 is 0. The first-order valence-electron chi connectivity index (χ1n) is 7.61. The summed E-state index contributed by atoms with van der Waals surface area (Å²) in [6.07, 6.45) is 2.51. The van der Waals surface area contributed by atoms with Crippen LogP contribution in [0.15, 0.2) is 42.5 Å². The highest BCUT2D eigenvalue weighted by Gasteiger charge is 2.20. The predicted octanol–water partition coefficient (Wildman–Crippen LogP) is 5.29. The summed E-state index contributed by atoms with van der Waals surface area (Å²) in [5, 5.41) is 0. The average molecular weight is 284 g/mol. The summed E-state index contributed by atoms with van der Waals surface area (Å²) in [6.45, 7) is 4.85. The molecule has 2 aromatic carbocycles. The molecule has 21 heavy (non-hydrogen) atoms. The van der Waals surface area contributed by atoms with Crippen molar-refractivity contribution in [2.75, 3.05) is 6.61 Å². The van der Waals surface area contributed by atoms with E-state index in [0.717, 1.165) is 24.2 Å². The molecule has 2 atom stereocenters. The van der Waals surface area contributed by atoms with Crippen molar-refractivity contribution in [1.82, 2.24) is 0 Å². The molecule has 1 aliphatic heterocycles. The molecular weight excluding hydrogens is 263 g/mol. The van der Waals surface area contributed by atoms with Gasteiger partial charge in [-0.3, -0.25) is 0 Å². The van der Waals surface area contributed by atoms with Gasteiger partial charge in [0, 0.05) is 6.61 Å². The minimum absolute atomic E-state index is 0.152. The Balaban J connectivity index is 1.79. The molecule has 1 fully saturated rings. The molecule has 1 saturated heterocycles. The second kappa shape index (κ2) is 5.98. The van der Waals surface area contributed by atoms with Crippen molar-refractivity contribution in [2.24, 2.45) is 5.92 Å². The van der Waals surface area contributed by atoms with E-state index in [1.807, 2.05) is 12.1 Å². The number of benzene rings is 2. The first kappa shape index (κ1) is 14.3. The molecule has 0 aromatic heterocycles. The summed E-state index contributed by atoms with van der Waals surface area (Å²) in [6, 6.07) is 13.7. The summed E-state index contributed by atoms with van der Waals surface area (Å²) in [5.74, 6) is 0.511. The molecule has 2 aromatic rings. The standard InChI is InChI=1S/C19H21FO/c1-13-3-10-19(21-12-13)16-8-6-15(7-9-16)17-5-4-14(2)18(20)11-17/h4-9,11,13,19H,3,10,12H2,1-2H3. The highest BCUT2D eigenvalue weighted by atomic mass is 19.1. The molecular formula is C19H21FO. The molecule has 0 bridgehead atoms. The van der Waals surface area contributed by atoms with E-state index in [-0.39, 0.29) is 11.9 Å². The van der Waals surface area contributed by atoms with Crippen molar-refractivity contribution in [3.63, 3.8) is 0 Å². The zero-order valence-corrected chi connectivity index (χ0v) is 12.6. The third kappa shape index (κ3) is 3.16. The molecule has 2 unspecified atom stereocenters. The van der Waals surface area contributed by atoms with E-state index >= 15 is 0 Å². The summed E-state index contributed by atoms with van der Waals surface area (Å²) in [4.78, 5) is 0. The Morgan fingerprint density at radius 1 is 1.00 bits per heavy atom. The van der Waals surface area contributed by atoms with Crippen LogP contribution in [0.2, 0.25) is 0 Å². The lowest BCUT2D eigenvalue weighted by Crippen LogP contribution is -2.18. The number of halogens is 1. The van der Waals surface area contributed by atoms with E-state index in [1.54, 1.807) is 13.0 Å². The van der Waals surface area contributed by atoms with Crippen molar-refractivity contribution < 1.29 is 9.13 Å². The van der Waals surface area contributed by atoms with E-state index in [1.165, 1.54) is 12.0 Å². The van der Waals surface area contributed by atoms with E-state index in [4.69, 9.17) is 4.74 Å². The topological polar surface area (TPSA) is 9.23 Å². The van der Waals surface area contributed by atoms with Crippen LogP contribution in [0, 0.1) is 18.7 Å². The maximum atomic E-state index is 13.7. The van der Waals surface area contributed by atoms with Gasteiger partial charge in [0.15, 0.2) is 0 Å². The van der Waals surface area contributed by atoms with Crippen LogP contribution in [0.4, 0.5) is 4.39 Å². The maximum absolute atomic E-state index is 13.7. The van der Waals surface area contributed by atoms with Crippen LogP contribution < -0.4 is 0 Å². The Kier molecular flexibility index (Phi) is 4.07. The van der Waals surface area contributed by atoms with Gasteiger partial charge in [-0.25, -0.2) is 4.39 Å². The van der Waals surface area contributed by atoms with Crippen LogP contribution in [0.5, 0.6) is 0 Å². The molecule has 1 heterocycles. The fraction of sp³-hybridized carbons (Fsp3) is 0.368. The molecule has 1 nitrogen and oxygen atoms in total. The van der Waals surface area contributed by atoms with Gasteiger partial charge in [-0.15, -0.1) is 0 Å². The van der Waals surface area contributed by atoms with Gasteiger partial charge >= 0.3 is 0 Å². The minimum Gasteiger partial charge on any atom is -0.373 e. The van der Waals surface area contributed by atoms with E-state index < -0.39 is 0 Å². The Hall–Kier alpha value is -1.67. The average Bonchev–Trinajstić information content (AvgIpc) is 2.51. The highest BCUT2D eigenvalue weighted by molar-refractivity contribution is 5.64. The van der Waals surface area contributed by atoms with Crippen LogP contribution in [-0.4, -0.2) is 6.61 Å². The number of hydrogen-bond donors (Lipinski definition) is 0. The monoisotopic (exact) mass is 284 g/mol. The minimum atomic E-state index is -0.152. The zero-order valence-electron chi connectivity index (χ0n) is 12.6. The van der Waals surface area contributed by atoms with Gasteiger partial charge in [0.1, 0.15) is 5.82 Å². The van der Waals surface area contributed by atoms with Gasteiger partial charge in [-0.1, -0.05) is 43.3 Å². The largest absolute Gasteiger partial charge is 0.373 e. The fourth-order valence-corrected chi connectivity index (χ4v) is 2.81. The van der Waals surface area contributed by atoms with Gasteiger partial charge in [0.2, 0.25) is 0 Å². The quantitative estimate of drug-likeness (QED) is 0.728. The smallest absolute Gasteiger partial charge is 0.126 e. The Bertz CT molecular complexity index is 610. The van der Waals surface area contributed by atoms with Crippen molar-refractivity contribution in [3.05, 3.63) is 59.4 Å². The second-order valence-electron chi connectivity index (χ2n) is 6.09.